The molecule has 0 saturated carbocycles. The van der Waals surface area contributed by atoms with Gasteiger partial charge in [0.1, 0.15) is 4.75 Å². The Morgan fingerprint density at radius 1 is 1.45 bits per heavy atom. The van der Waals surface area contributed by atoms with Crippen LogP contribution in [0.5, 0.6) is 0 Å². The van der Waals surface area contributed by atoms with Crippen LogP contribution in [0, 0.1) is 5.92 Å². The van der Waals surface area contributed by atoms with E-state index in [1.54, 1.807) is 11.1 Å². The lowest BCUT2D eigenvalue weighted by Crippen LogP contribution is -2.68. The summed E-state index contributed by atoms with van der Waals surface area (Å²) < 4.78 is 29.6. The van der Waals surface area contributed by atoms with Gasteiger partial charge in [0.15, 0.2) is 9.84 Å². The van der Waals surface area contributed by atoms with Crippen molar-refractivity contribution in [1.82, 2.24) is 9.88 Å². The summed E-state index contributed by atoms with van der Waals surface area (Å²) in [4.78, 5) is 17.1. The molecule has 1 aromatic heterocycles. The summed E-state index contributed by atoms with van der Waals surface area (Å²) >= 11 is 0. The maximum Gasteiger partial charge on any atom is 0.219 e. The number of carbonyl (C=O) groups is 1. The second-order valence-corrected chi connectivity index (χ2v) is 8.53. The average Bonchev–Trinajstić information content (AvgIpc) is 2.69. The largest absolute Gasteiger partial charge is 0.375 e. The lowest BCUT2D eigenvalue weighted by molar-refractivity contribution is -0.135. The number of sulfone groups is 1. The van der Waals surface area contributed by atoms with Crippen LogP contribution in [0.25, 0.3) is 0 Å². The van der Waals surface area contributed by atoms with Crippen molar-refractivity contribution in [3.05, 3.63) is 30.1 Å². The molecule has 3 heterocycles. The Morgan fingerprint density at radius 2 is 2.23 bits per heavy atom. The quantitative estimate of drug-likeness (QED) is 0.812. The van der Waals surface area contributed by atoms with E-state index in [0.29, 0.717) is 32.7 Å². The molecule has 1 aromatic rings. The zero-order valence-corrected chi connectivity index (χ0v) is 13.4. The second-order valence-electron chi connectivity index (χ2n) is 6.08. The van der Waals surface area contributed by atoms with Crippen molar-refractivity contribution in [3.63, 3.8) is 0 Å². The molecule has 2 aliphatic rings. The number of nitrogens with zero attached hydrogens (tertiary/aromatic N) is 2. The molecule has 2 saturated heterocycles. The SMILES string of the molecule is CC(=O)N1CC2(C1)C(COCc1ccccn1)CCS2(=O)=O. The Hall–Kier alpha value is -1.47. The molecule has 2 fully saturated rings. The first-order valence-corrected chi connectivity index (χ1v) is 9.05. The molecule has 7 heteroatoms. The van der Waals surface area contributed by atoms with E-state index < -0.39 is 14.6 Å². The van der Waals surface area contributed by atoms with Gasteiger partial charge in [-0.25, -0.2) is 8.42 Å². The van der Waals surface area contributed by atoms with Crippen molar-refractivity contribution in [3.8, 4) is 0 Å². The first-order valence-electron chi connectivity index (χ1n) is 7.40. The van der Waals surface area contributed by atoms with E-state index in [1.165, 1.54) is 6.92 Å². The van der Waals surface area contributed by atoms with Gasteiger partial charge >= 0.3 is 0 Å². The van der Waals surface area contributed by atoms with Crippen LogP contribution in [-0.4, -0.2) is 54.4 Å². The minimum atomic E-state index is -3.15. The highest BCUT2D eigenvalue weighted by Gasteiger charge is 2.62. The van der Waals surface area contributed by atoms with Gasteiger partial charge in [0.25, 0.3) is 0 Å². The first kappa shape index (κ1) is 15.4. The maximum atomic E-state index is 12.4. The third-order valence-corrected chi connectivity index (χ3v) is 7.36. The number of pyridine rings is 1. The van der Waals surface area contributed by atoms with Crippen molar-refractivity contribution in [2.24, 2.45) is 5.92 Å². The van der Waals surface area contributed by atoms with Gasteiger partial charge in [-0.05, 0) is 18.6 Å². The standard InChI is InChI=1S/C15H20N2O4S/c1-12(18)17-10-15(11-17)13(5-7-22(15,19)20)8-21-9-14-4-2-3-6-16-14/h2-4,6,13H,5,7-11H2,1H3. The fourth-order valence-corrected chi connectivity index (χ4v) is 5.72. The van der Waals surface area contributed by atoms with E-state index in [2.05, 4.69) is 4.98 Å². The Balaban J connectivity index is 1.62. The lowest BCUT2D eigenvalue weighted by atomic mass is 9.83. The second kappa shape index (κ2) is 5.62. The summed E-state index contributed by atoms with van der Waals surface area (Å²) in [6, 6.07) is 5.61. The molecule has 0 radical (unpaired) electrons. The van der Waals surface area contributed by atoms with Crippen LogP contribution < -0.4 is 0 Å². The first-order chi connectivity index (χ1) is 10.4. The lowest BCUT2D eigenvalue weighted by Gasteiger charge is -2.49. The van der Waals surface area contributed by atoms with Gasteiger partial charge in [-0.1, -0.05) is 6.07 Å². The smallest absolute Gasteiger partial charge is 0.219 e. The average molecular weight is 324 g/mol. The van der Waals surface area contributed by atoms with Gasteiger partial charge in [0, 0.05) is 32.1 Å². The summed E-state index contributed by atoms with van der Waals surface area (Å²) in [5, 5.41) is 0. The normalized spacial score (nSPS) is 25.1. The minimum absolute atomic E-state index is 0.0446. The molecule has 1 unspecified atom stereocenters. The summed E-state index contributed by atoms with van der Waals surface area (Å²) in [5.41, 5.74) is 0.830. The number of hydrogen-bond donors (Lipinski definition) is 0. The molecular formula is C15H20N2O4S. The van der Waals surface area contributed by atoms with Gasteiger partial charge < -0.3 is 9.64 Å². The Kier molecular flexibility index (Phi) is 3.94. The third-order valence-electron chi connectivity index (χ3n) is 4.76. The number of likely N-dealkylation sites (tertiary alicyclic amines) is 1. The Labute approximate surface area is 130 Å². The molecule has 0 aliphatic carbocycles. The zero-order valence-electron chi connectivity index (χ0n) is 12.6. The highest BCUT2D eigenvalue weighted by Crippen LogP contribution is 2.44. The van der Waals surface area contributed by atoms with E-state index in [-0.39, 0.29) is 17.6 Å². The summed E-state index contributed by atoms with van der Waals surface area (Å²) in [5.74, 6) is 0.0776. The van der Waals surface area contributed by atoms with Crippen LogP contribution in [0.4, 0.5) is 0 Å². The van der Waals surface area contributed by atoms with E-state index in [0.717, 1.165) is 5.69 Å². The number of ether oxygens (including phenoxy) is 1. The monoisotopic (exact) mass is 324 g/mol. The van der Waals surface area contributed by atoms with Crippen molar-refractivity contribution >= 4 is 15.7 Å². The summed E-state index contributed by atoms with van der Waals surface area (Å²) in [6.07, 6.45) is 2.31. The molecule has 0 aromatic carbocycles. The third kappa shape index (κ3) is 2.52. The van der Waals surface area contributed by atoms with Gasteiger partial charge in [-0.15, -0.1) is 0 Å². The molecule has 0 bridgehead atoms. The predicted octanol–water partition coefficient (Wildman–Crippen LogP) is 0.634. The molecule has 1 amide bonds. The van der Waals surface area contributed by atoms with Crippen molar-refractivity contribution < 1.29 is 17.9 Å². The molecule has 0 N–H and O–H groups in total. The molecule has 6 nitrogen and oxygen atoms in total. The molecule has 22 heavy (non-hydrogen) atoms. The van der Waals surface area contributed by atoms with Crippen LogP contribution in [0.1, 0.15) is 19.0 Å². The van der Waals surface area contributed by atoms with Crippen molar-refractivity contribution in [2.75, 3.05) is 25.4 Å². The highest BCUT2D eigenvalue weighted by atomic mass is 32.2. The number of carbonyl (C=O) groups excluding carboxylic acids is 1. The van der Waals surface area contributed by atoms with E-state index in [4.69, 9.17) is 4.74 Å². The molecule has 2 aliphatic heterocycles. The van der Waals surface area contributed by atoms with Crippen molar-refractivity contribution in [1.29, 1.82) is 0 Å². The zero-order chi connectivity index (χ0) is 15.8. The van der Waals surface area contributed by atoms with Gasteiger partial charge in [-0.2, -0.15) is 0 Å². The van der Waals surface area contributed by atoms with E-state index >= 15 is 0 Å². The Bertz CT molecular complexity index is 653. The van der Waals surface area contributed by atoms with Gasteiger partial charge in [0.05, 0.1) is 24.7 Å². The molecule has 120 valence electrons. The van der Waals surface area contributed by atoms with E-state index in [9.17, 15) is 13.2 Å². The van der Waals surface area contributed by atoms with Crippen LogP contribution in [0.15, 0.2) is 24.4 Å². The van der Waals surface area contributed by atoms with Crippen LogP contribution in [-0.2, 0) is 26.0 Å². The van der Waals surface area contributed by atoms with E-state index in [1.807, 2.05) is 18.2 Å². The number of hydrogen-bond acceptors (Lipinski definition) is 5. The predicted molar refractivity (Wildman–Crippen MR) is 80.8 cm³/mol. The maximum absolute atomic E-state index is 12.4. The highest BCUT2D eigenvalue weighted by molar-refractivity contribution is 7.93. The number of aromatic nitrogens is 1. The summed E-state index contributed by atoms with van der Waals surface area (Å²) in [6.45, 7) is 2.86. The van der Waals surface area contributed by atoms with Crippen LogP contribution in [0.3, 0.4) is 0 Å². The van der Waals surface area contributed by atoms with Crippen molar-refractivity contribution in [2.45, 2.75) is 24.7 Å². The van der Waals surface area contributed by atoms with Crippen LogP contribution in [0.2, 0.25) is 0 Å². The minimum Gasteiger partial charge on any atom is -0.375 e. The van der Waals surface area contributed by atoms with Gasteiger partial charge in [0.2, 0.25) is 5.91 Å². The topological polar surface area (TPSA) is 76.6 Å². The molecule has 1 atom stereocenters. The fourth-order valence-electron chi connectivity index (χ4n) is 3.32. The van der Waals surface area contributed by atoms with Crippen LogP contribution >= 0.6 is 0 Å². The molecular weight excluding hydrogens is 304 g/mol. The molecule has 1 spiro atoms. The summed E-state index contributed by atoms with van der Waals surface area (Å²) in [7, 11) is -3.15. The number of amides is 1. The number of rotatable bonds is 4. The molecule has 3 rings (SSSR count). The Morgan fingerprint density at radius 3 is 2.86 bits per heavy atom. The van der Waals surface area contributed by atoms with Gasteiger partial charge in [-0.3, -0.25) is 9.78 Å². The fraction of sp³-hybridized carbons (Fsp3) is 0.600.